The summed E-state index contributed by atoms with van der Waals surface area (Å²) in [6.07, 6.45) is -6.58. The summed E-state index contributed by atoms with van der Waals surface area (Å²) in [4.78, 5) is 0. The lowest BCUT2D eigenvalue weighted by atomic mass is 10.4. The maximum absolute atomic E-state index is 11.8. The third kappa shape index (κ3) is 2.93. The maximum atomic E-state index is 11.8. The van der Waals surface area contributed by atoms with E-state index in [1.165, 1.54) is 12.4 Å². The Kier molecular flexibility index (Phi) is 2.47. The highest BCUT2D eigenvalue weighted by Crippen LogP contribution is 2.28. The Bertz CT molecular complexity index is 309. The minimum absolute atomic E-state index is 0.0167. The number of rotatable bonds is 1. The van der Waals surface area contributed by atoms with Gasteiger partial charge in [-0.05, 0) is 0 Å². The first-order chi connectivity index (χ1) is 6.18. The number of aromatic nitrogens is 2. The second-order valence-corrected chi connectivity index (χ2v) is 2.37. The van der Waals surface area contributed by atoms with Crippen molar-refractivity contribution in [1.82, 2.24) is 9.78 Å². The Labute approximate surface area is 74.1 Å². The number of hydrogen-bond acceptors (Lipinski definition) is 1. The molecule has 14 heavy (non-hydrogen) atoms. The fourth-order valence-electron chi connectivity index (χ4n) is 0.661. The van der Waals surface area contributed by atoms with Gasteiger partial charge in [0.25, 0.3) is 0 Å². The van der Waals surface area contributed by atoms with Gasteiger partial charge in [0.1, 0.15) is 24.5 Å². The van der Waals surface area contributed by atoms with Crippen LogP contribution in [0.5, 0.6) is 0 Å². The van der Waals surface area contributed by atoms with Crippen molar-refractivity contribution in [2.45, 2.75) is 18.9 Å². The third-order valence-electron chi connectivity index (χ3n) is 1.14. The van der Waals surface area contributed by atoms with E-state index in [0.29, 0.717) is 0 Å². The van der Waals surface area contributed by atoms with Gasteiger partial charge in [-0.1, -0.05) is 0 Å². The zero-order valence-electron chi connectivity index (χ0n) is 6.37. The summed E-state index contributed by atoms with van der Waals surface area (Å²) in [5.74, 6) is 0. The van der Waals surface area contributed by atoms with Gasteiger partial charge in [-0.3, -0.25) is 4.68 Å². The van der Waals surface area contributed by atoms with Gasteiger partial charge in [0, 0.05) is 0 Å². The summed E-state index contributed by atoms with van der Waals surface area (Å²) in [5, 5.41) is 2.76. The molecule has 1 aromatic rings. The van der Waals surface area contributed by atoms with E-state index in [9.17, 15) is 26.3 Å². The zero-order valence-corrected chi connectivity index (χ0v) is 6.37. The molecule has 0 spiro atoms. The molecule has 0 bridgehead atoms. The molecule has 0 unspecified atom stereocenters. The Morgan fingerprint density at radius 2 is 1.71 bits per heavy atom. The Morgan fingerprint density at radius 1 is 1.14 bits per heavy atom. The zero-order chi connectivity index (χ0) is 11.0. The molecule has 2 nitrogen and oxygen atoms in total. The largest absolute Gasteiger partial charge is 0.420 e. The van der Waals surface area contributed by atoms with Gasteiger partial charge >= 0.3 is 12.4 Å². The summed E-state index contributed by atoms with van der Waals surface area (Å²) in [5.41, 5.74) is -1.44. The van der Waals surface area contributed by atoms with Crippen LogP contribution >= 0.6 is 0 Å². The van der Waals surface area contributed by atoms with Crippen molar-refractivity contribution in [2.24, 2.45) is 0 Å². The number of hydrogen-bond donors (Lipinski definition) is 0. The van der Waals surface area contributed by atoms with E-state index in [4.69, 9.17) is 0 Å². The minimum atomic E-state index is -4.77. The number of alkyl halides is 6. The van der Waals surface area contributed by atoms with Gasteiger partial charge in [-0.2, -0.15) is 31.4 Å². The molecule has 0 N–H and O–H groups in total. The van der Waals surface area contributed by atoms with E-state index in [0.717, 1.165) is 0 Å². The van der Waals surface area contributed by atoms with E-state index < -0.39 is 24.5 Å². The van der Waals surface area contributed by atoms with Crippen molar-refractivity contribution in [3.63, 3.8) is 0 Å². The predicted octanol–water partition coefficient (Wildman–Crippen LogP) is 2.06. The van der Waals surface area contributed by atoms with Crippen LogP contribution in [0.3, 0.4) is 0 Å². The van der Waals surface area contributed by atoms with E-state index in [-0.39, 0.29) is 4.68 Å². The van der Waals surface area contributed by atoms with E-state index in [1.54, 1.807) is 0 Å². The van der Waals surface area contributed by atoms with E-state index in [2.05, 4.69) is 5.10 Å². The summed E-state index contributed by atoms with van der Waals surface area (Å²) in [7, 11) is 0. The molecule has 0 amide bonds. The van der Waals surface area contributed by atoms with E-state index in [1.807, 2.05) is 0 Å². The van der Waals surface area contributed by atoms with Crippen LogP contribution in [0.25, 0.3) is 0 Å². The molecule has 0 fully saturated rings. The van der Waals surface area contributed by atoms with Crippen LogP contribution in [-0.4, -0.2) is 16.0 Å². The molecular formula is C6H2F6N2. The second kappa shape index (κ2) is 3.18. The summed E-state index contributed by atoms with van der Waals surface area (Å²) < 4.78 is 70.5. The van der Waals surface area contributed by atoms with Gasteiger partial charge in [0.05, 0.1) is 0 Å². The molecule has 0 aromatic carbocycles. The van der Waals surface area contributed by atoms with Crippen LogP contribution in [0.4, 0.5) is 26.3 Å². The molecule has 0 aliphatic carbocycles. The number of halogens is 6. The molecule has 1 rings (SSSR count). The molecule has 0 saturated heterocycles. The number of nitrogens with zero attached hydrogens (tertiary/aromatic N) is 2. The molecule has 78 valence electrons. The van der Waals surface area contributed by atoms with Gasteiger partial charge in [-0.25, -0.2) is 0 Å². The summed E-state index contributed by atoms with van der Waals surface area (Å²) >= 11 is 0. The molecule has 0 saturated carbocycles. The van der Waals surface area contributed by atoms with Crippen LogP contribution in [0, 0.1) is 12.4 Å². The Hall–Kier alpha value is -1.21. The first-order valence-electron chi connectivity index (χ1n) is 3.20. The highest BCUT2D eigenvalue weighted by atomic mass is 19.4. The van der Waals surface area contributed by atoms with Crippen molar-refractivity contribution in [3.05, 3.63) is 18.0 Å². The van der Waals surface area contributed by atoms with Crippen LogP contribution in [0.2, 0.25) is 0 Å². The molecule has 8 heteroatoms. The lowest BCUT2D eigenvalue weighted by Crippen LogP contribution is -2.18. The normalized spacial score (nSPS) is 13.3. The summed E-state index contributed by atoms with van der Waals surface area (Å²) in [6, 6.07) is 0. The van der Waals surface area contributed by atoms with Crippen LogP contribution in [0.15, 0.2) is 0 Å². The fourth-order valence-corrected chi connectivity index (χ4v) is 0.661. The Balaban J connectivity index is 2.79. The SMILES string of the molecule is FC(F)(F)Cn1[c]c(C(F)(F)F)[c]n1. The van der Waals surface area contributed by atoms with E-state index >= 15 is 0 Å². The standard InChI is InChI=1S/C6H2F6N2/c7-5(8,9)3-14-2-4(1-13-14)6(10,11)12/h3H2. The van der Waals surface area contributed by atoms with Crippen LogP contribution in [-0.2, 0) is 12.7 Å². The van der Waals surface area contributed by atoms with Gasteiger partial charge < -0.3 is 0 Å². The predicted molar refractivity (Wildman–Crippen MR) is 31.0 cm³/mol. The van der Waals surface area contributed by atoms with Gasteiger partial charge in [-0.15, -0.1) is 0 Å². The fraction of sp³-hybridized carbons (Fsp3) is 0.500. The highest BCUT2D eigenvalue weighted by Gasteiger charge is 2.35. The summed E-state index contributed by atoms with van der Waals surface area (Å²) in [6.45, 7) is -1.61. The molecule has 0 aliphatic heterocycles. The van der Waals surface area contributed by atoms with Gasteiger partial charge in [0.15, 0.2) is 0 Å². The molecule has 2 radical (unpaired) electrons. The molecule has 0 aliphatic rings. The topological polar surface area (TPSA) is 17.8 Å². The Morgan fingerprint density at radius 3 is 2.07 bits per heavy atom. The molecule has 0 atom stereocenters. The van der Waals surface area contributed by atoms with Crippen LogP contribution in [0.1, 0.15) is 5.56 Å². The first-order valence-corrected chi connectivity index (χ1v) is 3.20. The lowest BCUT2D eigenvalue weighted by Gasteiger charge is -2.04. The van der Waals surface area contributed by atoms with Crippen molar-refractivity contribution >= 4 is 0 Å². The van der Waals surface area contributed by atoms with Crippen molar-refractivity contribution in [3.8, 4) is 0 Å². The molecule has 1 heterocycles. The second-order valence-electron chi connectivity index (χ2n) is 2.37. The van der Waals surface area contributed by atoms with Crippen LogP contribution < -0.4 is 0 Å². The van der Waals surface area contributed by atoms with Gasteiger partial charge in [0.2, 0.25) is 0 Å². The average molecular weight is 216 g/mol. The third-order valence-corrected chi connectivity index (χ3v) is 1.14. The van der Waals surface area contributed by atoms with Crippen molar-refractivity contribution < 1.29 is 26.3 Å². The first kappa shape index (κ1) is 10.9. The monoisotopic (exact) mass is 216 g/mol. The van der Waals surface area contributed by atoms with Crippen molar-refractivity contribution in [1.29, 1.82) is 0 Å². The maximum Gasteiger partial charge on any atom is 0.420 e. The van der Waals surface area contributed by atoms with Crippen molar-refractivity contribution in [2.75, 3.05) is 0 Å². The average Bonchev–Trinajstić information content (AvgIpc) is 2.29. The molecular weight excluding hydrogens is 214 g/mol. The highest BCUT2D eigenvalue weighted by molar-refractivity contribution is 5.04. The smallest absolute Gasteiger partial charge is 0.253 e. The molecule has 1 aromatic heterocycles. The lowest BCUT2D eigenvalue weighted by molar-refractivity contribution is -0.145. The quantitative estimate of drug-likeness (QED) is 0.657. The minimum Gasteiger partial charge on any atom is -0.253 e.